The molecule has 0 unspecified atom stereocenters. The molecule has 0 aromatic heterocycles. The molecule has 0 nitrogen and oxygen atoms in total. The van der Waals surface area contributed by atoms with Crippen molar-refractivity contribution in [3.8, 4) is 0 Å². The zero-order valence-corrected chi connectivity index (χ0v) is 6.50. The first-order chi connectivity index (χ1) is 5.52. The lowest BCUT2D eigenvalue weighted by molar-refractivity contribution is 0.494. The third-order valence-electron chi connectivity index (χ3n) is 1.47. The molecule has 1 rings (SSSR count). The Morgan fingerprint density at radius 1 is 1.08 bits per heavy atom. The first kappa shape index (κ1) is 8.84. The second-order valence-electron chi connectivity index (χ2n) is 2.53. The van der Waals surface area contributed by atoms with Gasteiger partial charge in [0.1, 0.15) is 5.82 Å². The molecule has 1 aromatic rings. The highest BCUT2D eigenvalue weighted by atomic mass is 19.2. The standard InChI is InChI=1S/C9H7F3/c1-5(2)6-3-8(11)9(12)4-7(6)10/h3-4H,1H2,2H3. The van der Waals surface area contributed by atoms with Crippen molar-refractivity contribution in [1.29, 1.82) is 0 Å². The summed E-state index contributed by atoms with van der Waals surface area (Å²) >= 11 is 0. The number of hydrogen-bond acceptors (Lipinski definition) is 0. The third-order valence-corrected chi connectivity index (χ3v) is 1.47. The van der Waals surface area contributed by atoms with Gasteiger partial charge in [0.25, 0.3) is 0 Å². The molecule has 0 radical (unpaired) electrons. The minimum Gasteiger partial charge on any atom is -0.206 e. The van der Waals surface area contributed by atoms with E-state index in [0.29, 0.717) is 11.6 Å². The number of rotatable bonds is 1. The highest BCUT2D eigenvalue weighted by Gasteiger charge is 2.09. The van der Waals surface area contributed by atoms with E-state index in [1.54, 1.807) is 0 Å². The second kappa shape index (κ2) is 3.01. The van der Waals surface area contributed by atoms with E-state index in [2.05, 4.69) is 6.58 Å². The van der Waals surface area contributed by atoms with Crippen LogP contribution >= 0.6 is 0 Å². The van der Waals surface area contributed by atoms with Crippen molar-refractivity contribution in [3.63, 3.8) is 0 Å². The van der Waals surface area contributed by atoms with Gasteiger partial charge in [-0.15, -0.1) is 0 Å². The quantitative estimate of drug-likeness (QED) is 0.571. The van der Waals surface area contributed by atoms with Crippen LogP contribution in [0.1, 0.15) is 12.5 Å². The molecule has 0 aliphatic carbocycles. The smallest absolute Gasteiger partial charge is 0.161 e. The molecule has 0 aliphatic heterocycles. The van der Waals surface area contributed by atoms with E-state index in [0.717, 1.165) is 6.07 Å². The Morgan fingerprint density at radius 2 is 1.58 bits per heavy atom. The van der Waals surface area contributed by atoms with Crippen LogP contribution in [0.15, 0.2) is 18.7 Å². The van der Waals surface area contributed by atoms with Gasteiger partial charge < -0.3 is 0 Å². The fourth-order valence-electron chi connectivity index (χ4n) is 0.850. The summed E-state index contributed by atoms with van der Waals surface area (Å²) in [5.74, 6) is -3.03. The van der Waals surface area contributed by atoms with Gasteiger partial charge >= 0.3 is 0 Å². The van der Waals surface area contributed by atoms with Crippen LogP contribution in [-0.2, 0) is 0 Å². The summed E-state index contributed by atoms with van der Waals surface area (Å²) in [6.07, 6.45) is 0. The van der Waals surface area contributed by atoms with E-state index in [9.17, 15) is 13.2 Å². The molecule has 0 spiro atoms. The van der Waals surface area contributed by atoms with E-state index in [4.69, 9.17) is 0 Å². The molecule has 0 heterocycles. The molecular formula is C9H7F3. The Kier molecular flexibility index (Phi) is 2.22. The molecule has 64 valence electrons. The largest absolute Gasteiger partial charge is 0.206 e. The van der Waals surface area contributed by atoms with Crippen molar-refractivity contribution in [2.75, 3.05) is 0 Å². The Labute approximate surface area is 68.3 Å². The zero-order chi connectivity index (χ0) is 9.30. The van der Waals surface area contributed by atoms with E-state index >= 15 is 0 Å². The van der Waals surface area contributed by atoms with Gasteiger partial charge in [-0.1, -0.05) is 6.58 Å². The SMILES string of the molecule is C=C(C)c1cc(F)c(F)cc1F. The maximum atomic E-state index is 12.8. The molecule has 0 aliphatic rings. The summed E-state index contributed by atoms with van der Waals surface area (Å²) in [5, 5.41) is 0. The lowest BCUT2D eigenvalue weighted by atomic mass is 10.1. The van der Waals surface area contributed by atoms with E-state index in [-0.39, 0.29) is 5.56 Å². The van der Waals surface area contributed by atoms with E-state index in [1.165, 1.54) is 6.92 Å². The van der Waals surface area contributed by atoms with Crippen LogP contribution in [0.2, 0.25) is 0 Å². The van der Waals surface area contributed by atoms with Crippen LogP contribution in [0.5, 0.6) is 0 Å². The highest BCUT2D eigenvalue weighted by molar-refractivity contribution is 5.61. The van der Waals surface area contributed by atoms with E-state index < -0.39 is 17.5 Å². The maximum absolute atomic E-state index is 12.8. The summed E-state index contributed by atoms with van der Waals surface area (Å²) in [6.45, 7) is 4.95. The number of benzene rings is 1. The molecule has 3 heteroatoms. The molecule has 0 N–H and O–H groups in total. The van der Waals surface area contributed by atoms with Gasteiger partial charge in [-0.3, -0.25) is 0 Å². The second-order valence-corrected chi connectivity index (χ2v) is 2.53. The Bertz CT molecular complexity index is 329. The Balaban J connectivity index is 3.33. The predicted octanol–water partition coefficient (Wildman–Crippen LogP) is 3.14. The topological polar surface area (TPSA) is 0 Å². The summed E-state index contributed by atoms with van der Waals surface area (Å²) in [4.78, 5) is 0. The molecule has 1 aromatic carbocycles. The van der Waals surface area contributed by atoms with Crippen LogP contribution in [-0.4, -0.2) is 0 Å². The van der Waals surface area contributed by atoms with Gasteiger partial charge in [0, 0.05) is 11.6 Å². The Morgan fingerprint density at radius 3 is 2.08 bits per heavy atom. The van der Waals surface area contributed by atoms with Gasteiger partial charge in [0.05, 0.1) is 0 Å². The normalized spacial score (nSPS) is 10.0. The van der Waals surface area contributed by atoms with Crippen molar-refractivity contribution in [2.45, 2.75) is 6.92 Å². The van der Waals surface area contributed by atoms with Gasteiger partial charge in [-0.05, 0) is 18.6 Å². The third kappa shape index (κ3) is 1.49. The molecule has 0 saturated heterocycles. The van der Waals surface area contributed by atoms with E-state index in [1.807, 2.05) is 0 Å². The lowest BCUT2D eigenvalue weighted by Crippen LogP contribution is -1.92. The van der Waals surface area contributed by atoms with Crippen LogP contribution in [0.3, 0.4) is 0 Å². The lowest BCUT2D eigenvalue weighted by Gasteiger charge is -2.01. The molecular weight excluding hydrogens is 165 g/mol. The monoisotopic (exact) mass is 172 g/mol. The first-order valence-corrected chi connectivity index (χ1v) is 3.33. The fraction of sp³-hybridized carbons (Fsp3) is 0.111. The van der Waals surface area contributed by atoms with Crippen molar-refractivity contribution in [1.82, 2.24) is 0 Å². The highest BCUT2D eigenvalue weighted by Crippen LogP contribution is 2.19. The summed E-state index contributed by atoms with van der Waals surface area (Å²) in [7, 11) is 0. The first-order valence-electron chi connectivity index (χ1n) is 3.33. The van der Waals surface area contributed by atoms with Gasteiger partial charge in [-0.2, -0.15) is 0 Å². The molecule has 0 bridgehead atoms. The molecule has 0 amide bonds. The van der Waals surface area contributed by atoms with Crippen molar-refractivity contribution >= 4 is 5.57 Å². The summed E-state index contributed by atoms with van der Waals surface area (Å²) in [6, 6.07) is 1.31. The van der Waals surface area contributed by atoms with Gasteiger partial charge in [0.2, 0.25) is 0 Å². The van der Waals surface area contributed by atoms with Crippen molar-refractivity contribution < 1.29 is 13.2 Å². The van der Waals surface area contributed by atoms with Crippen LogP contribution in [0.25, 0.3) is 5.57 Å². The minimum atomic E-state index is -1.18. The molecule has 0 saturated carbocycles. The number of hydrogen-bond donors (Lipinski definition) is 0. The van der Waals surface area contributed by atoms with Crippen LogP contribution in [0.4, 0.5) is 13.2 Å². The average molecular weight is 172 g/mol. The number of allylic oxidation sites excluding steroid dienone is 1. The zero-order valence-electron chi connectivity index (χ0n) is 6.50. The molecule has 0 atom stereocenters. The van der Waals surface area contributed by atoms with Crippen LogP contribution in [0, 0.1) is 17.5 Å². The van der Waals surface area contributed by atoms with Gasteiger partial charge in [-0.25, -0.2) is 13.2 Å². The summed E-state index contributed by atoms with van der Waals surface area (Å²) in [5.41, 5.74) is 0.375. The van der Waals surface area contributed by atoms with Gasteiger partial charge in [0.15, 0.2) is 11.6 Å². The molecule has 0 fully saturated rings. The van der Waals surface area contributed by atoms with Crippen LogP contribution < -0.4 is 0 Å². The summed E-state index contributed by atoms with van der Waals surface area (Å²) < 4.78 is 37.7. The van der Waals surface area contributed by atoms with Crippen molar-refractivity contribution in [2.24, 2.45) is 0 Å². The predicted molar refractivity (Wildman–Crippen MR) is 41.0 cm³/mol. The molecule has 12 heavy (non-hydrogen) atoms. The van der Waals surface area contributed by atoms with Crippen molar-refractivity contribution in [3.05, 3.63) is 41.7 Å². The maximum Gasteiger partial charge on any atom is 0.161 e. The Hall–Kier alpha value is -1.25. The minimum absolute atomic E-state index is 0.00824. The fourth-order valence-corrected chi connectivity index (χ4v) is 0.850. The average Bonchev–Trinajstić information content (AvgIpc) is 1.96. The number of halogens is 3.